The fraction of sp³-hybridized carbons (Fsp3) is 0.962. The van der Waals surface area contributed by atoms with Gasteiger partial charge in [-0.2, -0.15) is 0 Å². The summed E-state index contributed by atoms with van der Waals surface area (Å²) in [6, 6.07) is -0.546. The molecule has 6 nitrogen and oxygen atoms in total. The monoisotopic (exact) mass is 836 g/mol. The summed E-state index contributed by atoms with van der Waals surface area (Å²) in [5.41, 5.74) is 0. The number of carbonyl (C=O) groups is 2. The fourth-order valence-electron chi connectivity index (χ4n) is 8.52. The molecule has 2 unspecified atom stereocenters. The van der Waals surface area contributed by atoms with Crippen molar-refractivity contribution in [1.29, 1.82) is 0 Å². The minimum absolute atomic E-state index is 0.00111. The molecule has 0 rings (SSSR count). The molecule has 0 aliphatic heterocycles. The van der Waals surface area contributed by atoms with Crippen LogP contribution in [0.2, 0.25) is 0 Å². The standard InChI is InChI=1S/C53H105NO5/c1-3-5-7-9-11-13-15-16-17-19-22-26-29-33-37-41-45-51(56)50(49-55)54-52(57)46-42-38-34-30-27-23-20-18-21-24-28-32-36-40-44-48-59-53(58)47-43-39-35-31-25-14-12-10-8-6-4-2/h50-51,55-56H,3-49H2,1-2H3,(H,54,57). The lowest BCUT2D eigenvalue weighted by atomic mass is 10.0. The molecule has 2 atom stereocenters. The minimum atomic E-state index is -0.668. The van der Waals surface area contributed by atoms with Crippen LogP contribution >= 0.6 is 0 Å². The van der Waals surface area contributed by atoms with E-state index in [0.29, 0.717) is 25.9 Å². The highest BCUT2D eigenvalue weighted by Gasteiger charge is 2.20. The maximum Gasteiger partial charge on any atom is 0.305 e. The molecule has 59 heavy (non-hydrogen) atoms. The van der Waals surface area contributed by atoms with Crippen LogP contribution in [0.15, 0.2) is 0 Å². The highest BCUT2D eigenvalue weighted by Crippen LogP contribution is 2.17. The second-order valence-electron chi connectivity index (χ2n) is 18.6. The molecular formula is C53H105NO5. The van der Waals surface area contributed by atoms with Gasteiger partial charge in [-0.25, -0.2) is 0 Å². The summed E-state index contributed by atoms with van der Waals surface area (Å²) in [6.07, 6.45) is 55.0. The van der Waals surface area contributed by atoms with Gasteiger partial charge in [0.2, 0.25) is 5.91 Å². The molecule has 0 spiro atoms. The maximum absolute atomic E-state index is 12.5. The molecule has 3 N–H and O–H groups in total. The van der Waals surface area contributed by atoms with Gasteiger partial charge in [0.1, 0.15) is 0 Å². The van der Waals surface area contributed by atoms with E-state index in [-0.39, 0.29) is 18.5 Å². The topological polar surface area (TPSA) is 95.9 Å². The zero-order valence-electron chi connectivity index (χ0n) is 40.0. The van der Waals surface area contributed by atoms with E-state index in [9.17, 15) is 19.8 Å². The van der Waals surface area contributed by atoms with Gasteiger partial charge in [0.05, 0.1) is 25.4 Å². The molecule has 0 radical (unpaired) electrons. The lowest BCUT2D eigenvalue weighted by molar-refractivity contribution is -0.143. The van der Waals surface area contributed by atoms with Crippen molar-refractivity contribution in [3.8, 4) is 0 Å². The van der Waals surface area contributed by atoms with Gasteiger partial charge >= 0.3 is 5.97 Å². The molecule has 0 aromatic carbocycles. The van der Waals surface area contributed by atoms with Crippen LogP contribution in [0.3, 0.4) is 0 Å². The van der Waals surface area contributed by atoms with Crippen LogP contribution in [0.4, 0.5) is 0 Å². The van der Waals surface area contributed by atoms with E-state index in [1.165, 1.54) is 225 Å². The van der Waals surface area contributed by atoms with E-state index in [1.807, 2.05) is 0 Å². The summed E-state index contributed by atoms with van der Waals surface area (Å²) >= 11 is 0. The quantitative estimate of drug-likeness (QED) is 0.0419. The number of ether oxygens (including phenoxy) is 1. The highest BCUT2D eigenvalue weighted by molar-refractivity contribution is 5.76. The minimum Gasteiger partial charge on any atom is -0.466 e. The summed E-state index contributed by atoms with van der Waals surface area (Å²) in [5.74, 6) is -0.0398. The van der Waals surface area contributed by atoms with Gasteiger partial charge < -0.3 is 20.3 Å². The molecule has 352 valence electrons. The van der Waals surface area contributed by atoms with Crippen molar-refractivity contribution in [2.75, 3.05) is 13.2 Å². The Balaban J connectivity index is 3.43. The lowest BCUT2D eigenvalue weighted by Crippen LogP contribution is -2.45. The smallest absolute Gasteiger partial charge is 0.305 e. The molecule has 0 aliphatic rings. The number of carbonyl (C=O) groups excluding carboxylic acids is 2. The molecule has 0 aromatic rings. The van der Waals surface area contributed by atoms with Crippen LogP contribution in [-0.2, 0) is 14.3 Å². The van der Waals surface area contributed by atoms with Crippen molar-refractivity contribution in [3.63, 3.8) is 0 Å². The first kappa shape index (κ1) is 57.9. The van der Waals surface area contributed by atoms with Crippen molar-refractivity contribution >= 4 is 11.9 Å². The third-order valence-corrected chi connectivity index (χ3v) is 12.7. The van der Waals surface area contributed by atoms with Crippen LogP contribution in [-0.4, -0.2) is 47.4 Å². The van der Waals surface area contributed by atoms with Crippen molar-refractivity contribution in [1.82, 2.24) is 5.32 Å². The number of aliphatic hydroxyl groups excluding tert-OH is 2. The number of aliphatic hydroxyl groups is 2. The molecule has 6 heteroatoms. The first-order valence-corrected chi connectivity index (χ1v) is 26.8. The van der Waals surface area contributed by atoms with Gasteiger partial charge in [-0.15, -0.1) is 0 Å². The van der Waals surface area contributed by atoms with E-state index >= 15 is 0 Å². The molecule has 0 saturated carbocycles. The predicted molar refractivity (Wildman–Crippen MR) is 255 cm³/mol. The van der Waals surface area contributed by atoms with Crippen LogP contribution in [0.5, 0.6) is 0 Å². The Kier molecular flexibility index (Phi) is 48.6. The fourth-order valence-corrected chi connectivity index (χ4v) is 8.52. The number of hydrogen-bond donors (Lipinski definition) is 3. The second-order valence-corrected chi connectivity index (χ2v) is 18.6. The highest BCUT2D eigenvalue weighted by atomic mass is 16.5. The average molecular weight is 836 g/mol. The third kappa shape index (κ3) is 46.2. The molecule has 0 saturated heterocycles. The Labute approximate surface area is 368 Å². The molecule has 1 amide bonds. The zero-order valence-corrected chi connectivity index (χ0v) is 40.0. The van der Waals surface area contributed by atoms with Gasteiger partial charge in [-0.3, -0.25) is 9.59 Å². The van der Waals surface area contributed by atoms with Gasteiger partial charge in [0.15, 0.2) is 0 Å². The van der Waals surface area contributed by atoms with E-state index < -0.39 is 12.1 Å². The van der Waals surface area contributed by atoms with Crippen molar-refractivity contribution < 1.29 is 24.5 Å². The summed E-state index contributed by atoms with van der Waals surface area (Å²) in [4.78, 5) is 24.4. The van der Waals surface area contributed by atoms with E-state index in [1.54, 1.807) is 0 Å². The van der Waals surface area contributed by atoms with Gasteiger partial charge in [-0.1, -0.05) is 264 Å². The Bertz CT molecular complexity index is 837. The summed E-state index contributed by atoms with van der Waals surface area (Å²) in [7, 11) is 0. The Morgan fingerprint density at radius 2 is 0.695 bits per heavy atom. The van der Waals surface area contributed by atoms with Crippen LogP contribution in [0, 0.1) is 0 Å². The van der Waals surface area contributed by atoms with Crippen molar-refractivity contribution in [2.24, 2.45) is 0 Å². The number of nitrogens with one attached hydrogen (secondary N) is 1. The van der Waals surface area contributed by atoms with Crippen LogP contribution in [0.25, 0.3) is 0 Å². The summed E-state index contributed by atoms with van der Waals surface area (Å²) in [6.45, 7) is 4.95. The van der Waals surface area contributed by atoms with Gasteiger partial charge in [0.25, 0.3) is 0 Å². The summed E-state index contributed by atoms with van der Waals surface area (Å²) < 4.78 is 5.45. The number of amides is 1. The third-order valence-electron chi connectivity index (χ3n) is 12.7. The van der Waals surface area contributed by atoms with Gasteiger partial charge in [0, 0.05) is 12.8 Å². The molecule has 0 heterocycles. The van der Waals surface area contributed by atoms with Crippen molar-refractivity contribution in [2.45, 2.75) is 315 Å². The molecule has 0 aliphatic carbocycles. The maximum atomic E-state index is 12.5. The Hall–Kier alpha value is -1.14. The van der Waals surface area contributed by atoms with Gasteiger partial charge in [-0.05, 0) is 25.7 Å². The normalized spacial score (nSPS) is 12.5. The number of unbranched alkanes of at least 4 members (excludes halogenated alkanes) is 39. The molecule has 0 aromatic heterocycles. The second kappa shape index (κ2) is 49.5. The van der Waals surface area contributed by atoms with E-state index in [0.717, 1.165) is 44.9 Å². The SMILES string of the molecule is CCCCCCCCCCCCCCCCCCC(O)C(CO)NC(=O)CCCCCCCCCCCCCCCCCOC(=O)CCCCCCCCCCCCC. The first-order valence-electron chi connectivity index (χ1n) is 26.8. The Morgan fingerprint density at radius 1 is 0.407 bits per heavy atom. The van der Waals surface area contributed by atoms with Crippen LogP contribution < -0.4 is 5.32 Å². The Morgan fingerprint density at radius 3 is 1.03 bits per heavy atom. The first-order chi connectivity index (χ1) is 29.0. The predicted octanol–water partition coefficient (Wildman–Crippen LogP) is 16.0. The molecule has 0 bridgehead atoms. The summed E-state index contributed by atoms with van der Waals surface area (Å²) in [5, 5.41) is 23.3. The van der Waals surface area contributed by atoms with E-state index in [2.05, 4.69) is 19.2 Å². The van der Waals surface area contributed by atoms with E-state index in [4.69, 9.17) is 4.74 Å². The largest absolute Gasteiger partial charge is 0.466 e. The lowest BCUT2D eigenvalue weighted by Gasteiger charge is -2.22. The number of esters is 1. The number of rotatable bonds is 50. The van der Waals surface area contributed by atoms with Crippen molar-refractivity contribution in [3.05, 3.63) is 0 Å². The zero-order chi connectivity index (χ0) is 43.0. The number of hydrogen-bond acceptors (Lipinski definition) is 5. The van der Waals surface area contributed by atoms with Crippen LogP contribution in [0.1, 0.15) is 303 Å². The molecule has 0 fully saturated rings. The molecular weight excluding hydrogens is 731 g/mol. The average Bonchev–Trinajstić information content (AvgIpc) is 3.24.